The molecule has 76 valence electrons. The first-order valence-electron chi connectivity index (χ1n) is 4.13. The highest BCUT2D eigenvalue weighted by atomic mass is 79.9. The van der Waals surface area contributed by atoms with E-state index < -0.39 is 0 Å². The van der Waals surface area contributed by atoms with Crippen LogP contribution in [0.25, 0.3) is 0 Å². The van der Waals surface area contributed by atoms with Gasteiger partial charge in [-0.2, -0.15) is 0 Å². The normalized spacial score (nSPS) is 9.57. The largest absolute Gasteiger partial charge is 0.497 e. The smallest absolute Gasteiger partial charge is 0.153 e. The summed E-state index contributed by atoms with van der Waals surface area (Å²) in [7, 11) is 1.57. The predicted octanol–water partition coefficient (Wildman–Crippen LogP) is 2.28. The molecule has 1 aromatic carbocycles. The quantitative estimate of drug-likeness (QED) is 0.601. The minimum Gasteiger partial charge on any atom is -0.497 e. The second kappa shape index (κ2) is 5.65. The minimum absolute atomic E-state index is 0.522. The summed E-state index contributed by atoms with van der Waals surface area (Å²) in [6.07, 6.45) is 0.767. The number of hydrogen-bond donors (Lipinski definition) is 0. The summed E-state index contributed by atoms with van der Waals surface area (Å²) in [6, 6.07) is 5.10. The van der Waals surface area contributed by atoms with Gasteiger partial charge >= 0.3 is 0 Å². The van der Waals surface area contributed by atoms with E-state index in [1.165, 1.54) is 0 Å². The lowest BCUT2D eigenvalue weighted by Crippen LogP contribution is -2.00. The number of hydrogen-bond acceptors (Lipinski definition) is 3. The van der Waals surface area contributed by atoms with Gasteiger partial charge in [-0.05, 0) is 12.1 Å². The number of benzene rings is 1. The molecular formula is C10H11BrO3. The van der Waals surface area contributed by atoms with Crippen LogP contribution in [0.3, 0.4) is 0 Å². The van der Waals surface area contributed by atoms with Crippen LogP contribution in [-0.4, -0.2) is 25.3 Å². The van der Waals surface area contributed by atoms with Crippen molar-refractivity contribution in [2.45, 2.75) is 0 Å². The van der Waals surface area contributed by atoms with Crippen molar-refractivity contribution >= 4 is 22.2 Å². The van der Waals surface area contributed by atoms with Gasteiger partial charge in [0.2, 0.25) is 0 Å². The van der Waals surface area contributed by atoms with Crippen molar-refractivity contribution in [3.05, 3.63) is 23.8 Å². The first-order valence-corrected chi connectivity index (χ1v) is 5.26. The van der Waals surface area contributed by atoms with Gasteiger partial charge in [0.15, 0.2) is 6.29 Å². The van der Waals surface area contributed by atoms with E-state index >= 15 is 0 Å². The van der Waals surface area contributed by atoms with E-state index in [9.17, 15) is 4.79 Å². The predicted molar refractivity (Wildman–Crippen MR) is 57.7 cm³/mol. The highest BCUT2D eigenvalue weighted by molar-refractivity contribution is 9.09. The summed E-state index contributed by atoms with van der Waals surface area (Å²) in [5.74, 6) is 1.24. The molecule has 0 fully saturated rings. The summed E-state index contributed by atoms with van der Waals surface area (Å²) in [5, 5.41) is 0.725. The number of alkyl halides is 1. The molecule has 0 aliphatic carbocycles. The van der Waals surface area contributed by atoms with Crippen molar-refractivity contribution in [2.75, 3.05) is 19.0 Å². The Labute approximate surface area is 91.1 Å². The van der Waals surface area contributed by atoms with E-state index in [1.807, 2.05) is 0 Å². The van der Waals surface area contributed by atoms with Crippen LogP contribution in [0.15, 0.2) is 18.2 Å². The van der Waals surface area contributed by atoms with Crippen LogP contribution in [0.4, 0.5) is 0 Å². The van der Waals surface area contributed by atoms with Gasteiger partial charge in [-0.3, -0.25) is 4.79 Å². The molecule has 14 heavy (non-hydrogen) atoms. The molecule has 0 aliphatic rings. The molecule has 0 unspecified atom stereocenters. The molecule has 0 radical (unpaired) electrons. The number of carbonyl (C=O) groups is 1. The molecule has 4 heteroatoms. The van der Waals surface area contributed by atoms with Crippen LogP contribution in [-0.2, 0) is 0 Å². The van der Waals surface area contributed by atoms with Gasteiger partial charge in [-0.25, -0.2) is 0 Å². The van der Waals surface area contributed by atoms with Crippen molar-refractivity contribution in [1.82, 2.24) is 0 Å². The standard InChI is InChI=1S/C10H11BrO3/c1-13-9-3-2-8(7-12)10(6-9)14-5-4-11/h2-3,6-7H,4-5H2,1H3. The van der Waals surface area contributed by atoms with Crippen LogP contribution in [0.1, 0.15) is 10.4 Å². The van der Waals surface area contributed by atoms with E-state index in [0.717, 1.165) is 11.6 Å². The zero-order valence-electron chi connectivity index (χ0n) is 7.83. The summed E-state index contributed by atoms with van der Waals surface area (Å²) in [4.78, 5) is 10.7. The number of carbonyl (C=O) groups excluding carboxylic acids is 1. The van der Waals surface area contributed by atoms with Gasteiger partial charge < -0.3 is 9.47 Å². The third-order valence-electron chi connectivity index (χ3n) is 1.68. The van der Waals surface area contributed by atoms with Crippen molar-refractivity contribution < 1.29 is 14.3 Å². The molecule has 0 amide bonds. The van der Waals surface area contributed by atoms with E-state index in [4.69, 9.17) is 9.47 Å². The molecule has 0 spiro atoms. The maximum Gasteiger partial charge on any atom is 0.153 e. The van der Waals surface area contributed by atoms with E-state index in [-0.39, 0.29) is 0 Å². The zero-order valence-corrected chi connectivity index (χ0v) is 9.41. The lowest BCUT2D eigenvalue weighted by Gasteiger charge is -2.08. The van der Waals surface area contributed by atoms with Gasteiger partial charge in [0.05, 0.1) is 19.3 Å². The Bertz CT molecular complexity index is 312. The van der Waals surface area contributed by atoms with Gasteiger partial charge in [0.25, 0.3) is 0 Å². The number of aldehydes is 1. The maximum atomic E-state index is 10.7. The molecule has 0 saturated carbocycles. The van der Waals surface area contributed by atoms with Gasteiger partial charge in [-0.15, -0.1) is 0 Å². The first-order chi connectivity index (χ1) is 6.81. The topological polar surface area (TPSA) is 35.5 Å². The Balaban J connectivity index is 2.90. The third-order valence-corrected chi connectivity index (χ3v) is 2.01. The molecule has 0 saturated heterocycles. The van der Waals surface area contributed by atoms with Crippen LogP contribution >= 0.6 is 15.9 Å². The van der Waals surface area contributed by atoms with Crippen LogP contribution < -0.4 is 9.47 Å². The van der Waals surface area contributed by atoms with Crippen LogP contribution in [0.2, 0.25) is 0 Å². The van der Waals surface area contributed by atoms with E-state index in [1.54, 1.807) is 25.3 Å². The zero-order chi connectivity index (χ0) is 10.4. The highest BCUT2D eigenvalue weighted by Crippen LogP contribution is 2.23. The fourth-order valence-corrected chi connectivity index (χ4v) is 1.17. The Hall–Kier alpha value is -1.03. The van der Waals surface area contributed by atoms with Crippen molar-refractivity contribution in [1.29, 1.82) is 0 Å². The summed E-state index contributed by atoms with van der Waals surface area (Å²) in [5.41, 5.74) is 0.534. The second-order valence-electron chi connectivity index (χ2n) is 2.56. The van der Waals surface area contributed by atoms with E-state index in [0.29, 0.717) is 23.7 Å². The number of rotatable bonds is 5. The molecule has 0 aromatic heterocycles. The SMILES string of the molecule is COc1ccc(C=O)c(OCCBr)c1. The molecule has 3 nitrogen and oxygen atoms in total. The minimum atomic E-state index is 0.522. The molecule has 0 aliphatic heterocycles. The molecule has 1 aromatic rings. The number of halogens is 1. The average molecular weight is 259 g/mol. The lowest BCUT2D eigenvalue weighted by molar-refractivity contribution is 0.112. The fourth-order valence-electron chi connectivity index (χ4n) is 1.01. The summed E-state index contributed by atoms with van der Waals surface area (Å²) in [6.45, 7) is 0.522. The van der Waals surface area contributed by atoms with Crippen LogP contribution in [0, 0.1) is 0 Å². The fraction of sp³-hybridized carbons (Fsp3) is 0.300. The number of methoxy groups -OCH3 is 1. The summed E-state index contributed by atoms with van der Waals surface area (Å²) < 4.78 is 10.4. The highest BCUT2D eigenvalue weighted by Gasteiger charge is 2.04. The van der Waals surface area contributed by atoms with Gasteiger partial charge in [0.1, 0.15) is 11.5 Å². The monoisotopic (exact) mass is 258 g/mol. The molecule has 0 atom stereocenters. The Kier molecular flexibility index (Phi) is 4.46. The molecular weight excluding hydrogens is 248 g/mol. The average Bonchev–Trinajstić information content (AvgIpc) is 2.25. The first kappa shape index (κ1) is 11.0. The second-order valence-corrected chi connectivity index (χ2v) is 3.35. The lowest BCUT2D eigenvalue weighted by atomic mass is 10.2. The summed E-state index contributed by atoms with van der Waals surface area (Å²) >= 11 is 3.24. The molecule has 0 bridgehead atoms. The Morgan fingerprint density at radius 2 is 2.29 bits per heavy atom. The Morgan fingerprint density at radius 3 is 2.86 bits per heavy atom. The van der Waals surface area contributed by atoms with Crippen LogP contribution in [0.5, 0.6) is 11.5 Å². The van der Waals surface area contributed by atoms with Crippen molar-refractivity contribution in [2.24, 2.45) is 0 Å². The van der Waals surface area contributed by atoms with Gasteiger partial charge in [-0.1, -0.05) is 15.9 Å². The van der Waals surface area contributed by atoms with E-state index in [2.05, 4.69) is 15.9 Å². The third kappa shape index (κ3) is 2.73. The van der Waals surface area contributed by atoms with Gasteiger partial charge in [0, 0.05) is 11.4 Å². The maximum absolute atomic E-state index is 10.7. The Morgan fingerprint density at radius 1 is 1.50 bits per heavy atom. The van der Waals surface area contributed by atoms with Crippen molar-refractivity contribution in [3.63, 3.8) is 0 Å². The molecule has 1 rings (SSSR count). The molecule has 0 N–H and O–H groups in total. The molecule has 0 heterocycles. The van der Waals surface area contributed by atoms with Crippen molar-refractivity contribution in [3.8, 4) is 11.5 Å². The number of ether oxygens (including phenoxy) is 2.